The molecule has 0 saturated carbocycles. The van der Waals surface area contributed by atoms with Crippen LogP contribution in [0, 0.1) is 0 Å². The highest BCUT2D eigenvalue weighted by atomic mass is 28.3. The van der Waals surface area contributed by atoms with Crippen LogP contribution in [0.15, 0.2) is 30.6 Å². The molecule has 2 aromatic rings. The van der Waals surface area contributed by atoms with Gasteiger partial charge >= 0.3 is 6.61 Å². The molecule has 0 radical (unpaired) electrons. The molecule has 0 spiro atoms. The summed E-state index contributed by atoms with van der Waals surface area (Å²) >= 11 is 0. The average Bonchev–Trinajstić information content (AvgIpc) is 2.99. The Hall–Kier alpha value is -1.73. The van der Waals surface area contributed by atoms with Crippen molar-refractivity contribution in [2.45, 2.75) is 58.8 Å². The maximum Gasteiger partial charge on any atom is 0.387 e. The first-order valence-electron chi connectivity index (χ1n) is 8.92. The lowest BCUT2D eigenvalue weighted by atomic mass is 10.0. The van der Waals surface area contributed by atoms with E-state index >= 15 is 0 Å². The summed E-state index contributed by atoms with van der Waals surface area (Å²) in [6.45, 7) is 7.31. The second-order valence-electron chi connectivity index (χ2n) is 7.59. The lowest BCUT2D eigenvalue weighted by Crippen LogP contribution is -2.22. The Morgan fingerprint density at radius 1 is 1.19 bits per heavy atom. The minimum absolute atomic E-state index is 0.248. The van der Waals surface area contributed by atoms with Gasteiger partial charge in [0.1, 0.15) is 12.5 Å². The van der Waals surface area contributed by atoms with Gasteiger partial charge in [-0.2, -0.15) is 13.9 Å². The monoisotopic (exact) mass is 382 g/mol. The van der Waals surface area contributed by atoms with Crippen molar-refractivity contribution >= 4 is 8.07 Å². The Morgan fingerprint density at radius 2 is 1.96 bits per heavy atom. The standard InChI is InChI=1S/C19H28F2N2O2Si/c1-5-17-11-15(6-7-18(17)25-19(20)21)10-16-12-22-23(13-16)14-24-8-9-26(2,3)4/h6-7,11-13,19H,5,8-10,14H2,1-4H3. The maximum absolute atomic E-state index is 12.4. The predicted octanol–water partition coefficient (Wildman–Crippen LogP) is 4.95. The topological polar surface area (TPSA) is 36.3 Å². The molecule has 144 valence electrons. The third-order valence-corrected chi connectivity index (χ3v) is 5.74. The summed E-state index contributed by atoms with van der Waals surface area (Å²) in [4.78, 5) is 0. The summed E-state index contributed by atoms with van der Waals surface area (Å²) in [6.07, 6.45) is 5.11. The van der Waals surface area contributed by atoms with E-state index in [1.807, 2.05) is 31.5 Å². The van der Waals surface area contributed by atoms with Gasteiger partial charge in [-0.15, -0.1) is 0 Å². The van der Waals surface area contributed by atoms with Crippen molar-refractivity contribution in [3.05, 3.63) is 47.3 Å². The molecule has 0 N–H and O–H groups in total. The van der Waals surface area contributed by atoms with Gasteiger partial charge in [-0.1, -0.05) is 38.7 Å². The van der Waals surface area contributed by atoms with E-state index < -0.39 is 14.7 Å². The zero-order valence-electron chi connectivity index (χ0n) is 16.0. The predicted molar refractivity (Wildman–Crippen MR) is 102 cm³/mol. The first kappa shape index (κ1) is 20.6. The van der Waals surface area contributed by atoms with Crippen LogP contribution in [0.25, 0.3) is 0 Å². The van der Waals surface area contributed by atoms with Gasteiger partial charge in [0.15, 0.2) is 0 Å². The van der Waals surface area contributed by atoms with E-state index in [1.54, 1.807) is 10.7 Å². The van der Waals surface area contributed by atoms with Crippen molar-refractivity contribution in [1.82, 2.24) is 9.78 Å². The smallest absolute Gasteiger partial charge is 0.387 e. The van der Waals surface area contributed by atoms with Gasteiger partial charge in [0, 0.05) is 27.3 Å². The summed E-state index contributed by atoms with van der Waals surface area (Å²) in [5, 5.41) is 4.32. The molecule has 0 aliphatic carbocycles. The largest absolute Gasteiger partial charge is 0.435 e. The van der Waals surface area contributed by atoms with Crippen molar-refractivity contribution in [2.24, 2.45) is 0 Å². The number of hydrogen-bond acceptors (Lipinski definition) is 3. The SMILES string of the molecule is CCc1cc(Cc2cnn(COCC[Si](C)(C)C)c2)ccc1OC(F)F. The molecule has 0 fully saturated rings. The highest BCUT2D eigenvalue weighted by Crippen LogP contribution is 2.24. The molecule has 0 saturated heterocycles. The lowest BCUT2D eigenvalue weighted by Gasteiger charge is -2.15. The van der Waals surface area contributed by atoms with Crippen LogP contribution in [0.1, 0.15) is 23.6 Å². The summed E-state index contributed by atoms with van der Waals surface area (Å²) in [6, 6.07) is 6.48. The maximum atomic E-state index is 12.4. The fourth-order valence-corrected chi connectivity index (χ4v) is 3.33. The number of alkyl halides is 2. The van der Waals surface area contributed by atoms with Gasteiger partial charge in [0.2, 0.25) is 0 Å². The second kappa shape index (κ2) is 9.28. The van der Waals surface area contributed by atoms with Crippen molar-refractivity contribution in [3.63, 3.8) is 0 Å². The van der Waals surface area contributed by atoms with Crippen LogP contribution in [0.4, 0.5) is 8.78 Å². The van der Waals surface area contributed by atoms with Gasteiger partial charge < -0.3 is 9.47 Å². The zero-order chi connectivity index (χ0) is 19.2. The minimum atomic E-state index is -2.80. The molecule has 1 aromatic heterocycles. The van der Waals surface area contributed by atoms with Crippen LogP contribution in [-0.2, 0) is 24.3 Å². The van der Waals surface area contributed by atoms with Gasteiger partial charge in [-0.25, -0.2) is 4.68 Å². The quantitative estimate of drug-likeness (QED) is 0.431. The summed E-state index contributed by atoms with van der Waals surface area (Å²) in [7, 11) is -1.08. The fraction of sp³-hybridized carbons (Fsp3) is 0.526. The molecule has 0 bridgehead atoms. The highest BCUT2D eigenvalue weighted by Gasteiger charge is 2.12. The van der Waals surface area contributed by atoms with E-state index in [1.165, 1.54) is 0 Å². The van der Waals surface area contributed by atoms with Crippen molar-refractivity contribution < 1.29 is 18.3 Å². The molecule has 26 heavy (non-hydrogen) atoms. The number of ether oxygens (including phenoxy) is 2. The van der Waals surface area contributed by atoms with Crippen molar-refractivity contribution in [2.75, 3.05) is 6.61 Å². The molecular formula is C19H28F2N2O2Si. The van der Waals surface area contributed by atoms with Gasteiger partial charge in [0.25, 0.3) is 0 Å². The molecule has 2 rings (SSSR count). The Balaban J connectivity index is 1.92. The Bertz CT molecular complexity index is 699. The van der Waals surface area contributed by atoms with E-state index in [9.17, 15) is 8.78 Å². The molecule has 4 nitrogen and oxygen atoms in total. The van der Waals surface area contributed by atoms with Crippen molar-refractivity contribution in [1.29, 1.82) is 0 Å². The van der Waals surface area contributed by atoms with E-state index in [2.05, 4.69) is 29.5 Å². The fourth-order valence-electron chi connectivity index (χ4n) is 2.57. The third-order valence-electron chi connectivity index (χ3n) is 4.04. The van der Waals surface area contributed by atoms with Crippen LogP contribution in [0.5, 0.6) is 5.75 Å². The van der Waals surface area contributed by atoms with Crippen LogP contribution in [0.2, 0.25) is 25.7 Å². The molecule has 1 aromatic carbocycles. The molecule has 7 heteroatoms. The van der Waals surface area contributed by atoms with Crippen LogP contribution >= 0.6 is 0 Å². The molecule has 1 heterocycles. The highest BCUT2D eigenvalue weighted by molar-refractivity contribution is 6.76. The Morgan fingerprint density at radius 3 is 2.62 bits per heavy atom. The molecule has 0 atom stereocenters. The number of nitrogens with zero attached hydrogens (tertiary/aromatic N) is 2. The first-order chi connectivity index (χ1) is 12.3. The number of benzene rings is 1. The molecule has 0 aliphatic rings. The summed E-state index contributed by atoms with van der Waals surface area (Å²) < 4.78 is 36.9. The molecule has 0 unspecified atom stereocenters. The van der Waals surface area contributed by atoms with Gasteiger partial charge in [-0.05, 0) is 35.2 Å². The zero-order valence-corrected chi connectivity index (χ0v) is 17.0. The van der Waals surface area contributed by atoms with E-state index in [4.69, 9.17) is 4.74 Å². The Kier molecular flexibility index (Phi) is 7.34. The number of hydrogen-bond donors (Lipinski definition) is 0. The van der Waals surface area contributed by atoms with E-state index in [0.29, 0.717) is 19.6 Å². The lowest BCUT2D eigenvalue weighted by molar-refractivity contribution is -0.0504. The summed E-state index contributed by atoms with van der Waals surface area (Å²) in [5.41, 5.74) is 2.89. The summed E-state index contributed by atoms with van der Waals surface area (Å²) in [5.74, 6) is 0.248. The number of halogens is 2. The number of aryl methyl sites for hydroxylation is 1. The van der Waals surface area contributed by atoms with Gasteiger partial charge in [0.05, 0.1) is 6.20 Å². The number of rotatable bonds is 10. The van der Waals surface area contributed by atoms with Gasteiger partial charge in [-0.3, -0.25) is 0 Å². The average molecular weight is 383 g/mol. The number of aromatic nitrogens is 2. The van der Waals surface area contributed by atoms with Crippen LogP contribution in [-0.4, -0.2) is 31.1 Å². The van der Waals surface area contributed by atoms with E-state index in [-0.39, 0.29) is 5.75 Å². The Labute approximate surface area is 155 Å². The van der Waals surface area contributed by atoms with Crippen LogP contribution in [0.3, 0.4) is 0 Å². The van der Waals surface area contributed by atoms with Crippen molar-refractivity contribution in [3.8, 4) is 5.75 Å². The molecule has 0 amide bonds. The van der Waals surface area contributed by atoms with E-state index in [0.717, 1.165) is 29.3 Å². The third kappa shape index (κ3) is 6.88. The molecule has 0 aliphatic heterocycles. The first-order valence-corrected chi connectivity index (χ1v) is 12.6. The van der Waals surface area contributed by atoms with Crippen LogP contribution < -0.4 is 4.74 Å². The second-order valence-corrected chi connectivity index (χ2v) is 13.2. The minimum Gasteiger partial charge on any atom is -0.435 e. The molecular weight excluding hydrogens is 354 g/mol. The normalized spacial score (nSPS) is 12.0.